The average Bonchev–Trinajstić information content (AvgIpc) is 3.12. The molecule has 0 saturated carbocycles. The number of hydrogen-bond acceptors (Lipinski definition) is 5. The fraction of sp³-hybridized carbons (Fsp3) is 0.444. The van der Waals surface area contributed by atoms with Crippen molar-refractivity contribution < 1.29 is 18.7 Å². The minimum atomic E-state index is -0.369. The van der Waals surface area contributed by atoms with Gasteiger partial charge in [0.05, 0.1) is 17.9 Å². The first-order chi connectivity index (χ1) is 11.5. The van der Waals surface area contributed by atoms with Crippen molar-refractivity contribution in [2.45, 2.75) is 46.1 Å². The van der Waals surface area contributed by atoms with Crippen LogP contribution in [0.4, 0.5) is 5.00 Å². The van der Waals surface area contributed by atoms with E-state index >= 15 is 0 Å². The second kappa shape index (κ2) is 6.81. The lowest BCUT2D eigenvalue weighted by Gasteiger charge is -2.18. The van der Waals surface area contributed by atoms with Crippen LogP contribution >= 0.6 is 11.3 Å². The van der Waals surface area contributed by atoms with E-state index < -0.39 is 0 Å². The zero-order valence-corrected chi connectivity index (χ0v) is 14.9. The van der Waals surface area contributed by atoms with E-state index in [1.54, 1.807) is 12.1 Å². The molecule has 1 aliphatic rings. The highest BCUT2D eigenvalue weighted by atomic mass is 32.1. The number of hydrogen-bond donors (Lipinski definition) is 1. The van der Waals surface area contributed by atoms with E-state index in [0.717, 1.165) is 24.8 Å². The molecule has 2 aromatic heterocycles. The number of amides is 1. The summed E-state index contributed by atoms with van der Waals surface area (Å²) >= 11 is 1.47. The van der Waals surface area contributed by atoms with Crippen LogP contribution in [0.15, 0.2) is 22.8 Å². The third kappa shape index (κ3) is 3.38. The lowest BCUT2D eigenvalue weighted by Crippen LogP contribution is -2.18. The monoisotopic (exact) mass is 347 g/mol. The van der Waals surface area contributed by atoms with Crippen LogP contribution in [0.2, 0.25) is 0 Å². The van der Waals surface area contributed by atoms with E-state index in [1.807, 2.05) is 13.8 Å². The molecule has 6 heteroatoms. The van der Waals surface area contributed by atoms with E-state index in [1.165, 1.54) is 22.5 Å². The Morgan fingerprint density at radius 3 is 2.88 bits per heavy atom. The van der Waals surface area contributed by atoms with E-state index in [9.17, 15) is 9.59 Å². The number of thiophene rings is 1. The van der Waals surface area contributed by atoms with Gasteiger partial charge in [0, 0.05) is 4.88 Å². The summed E-state index contributed by atoms with van der Waals surface area (Å²) in [6.07, 6.45) is 4.05. The number of carbonyl (C=O) groups is 2. The molecule has 0 aromatic carbocycles. The SMILES string of the molecule is CC1CCc2c(sc(NC(=O)c3ccco3)c2C(=O)OC(C)C)C1. The molecule has 1 atom stereocenters. The average molecular weight is 347 g/mol. The van der Waals surface area contributed by atoms with Crippen molar-refractivity contribution >= 4 is 28.2 Å². The number of fused-ring (bicyclic) bond motifs is 1. The molecule has 2 heterocycles. The predicted molar refractivity (Wildman–Crippen MR) is 92.7 cm³/mol. The smallest absolute Gasteiger partial charge is 0.341 e. The van der Waals surface area contributed by atoms with Crippen molar-refractivity contribution in [2.24, 2.45) is 5.92 Å². The van der Waals surface area contributed by atoms with Crippen molar-refractivity contribution in [1.29, 1.82) is 0 Å². The quantitative estimate of drug-likeness (QED) is 0.838. The third-order valence-electron chi connectivity index (χ3n) is 4.03. The Kier molecular flexibility index (Phi) is 4.76. The summed E-state index contributed by atoms with van der Waals surface area (Å²) in [4.78, 5) is 26.0. The molecule has 0 saturated heterocycles. The summed E-state index contributed by atoms with van der Waals surface area (Å²) in [5.41, 5.74) is 1.54. The predicted octanol–water partition coefficient (Wildman–Crippen LogP) is 4.28. The van der Waals surface area contributed by atoms with Gasteiger partial charge in [-0.3, -0.25) is 4.79 Å². The molecule has 0 fully saturated rings. The van der Waals surface area contributed by atoms with Crippen molar-refractivity contribution in [3.8, 4) is 0 Å². The van der Waals surface area contributed by atoms with Crippen LogP contribution in [-0.4, -0.2) is 18.0 Å². The first kappa shape index (κ1) is 16.8. The van der Waals surface area contributed by atoms with Gasteiger partial charge in [-0.05, 0) is 56.7 Å². The van der Waals surface area contributed by atoms with Gasteiger partial charge >= 0.3 is 5.97 Å². The zero-order chi connectivity index (χ0) is 17.3. The van der Waals surface area contributed by atoms with Crippen LogP contribution in [-0.2, 0) is 17.6 Å². The second-order valence-electron chi connectivity index (χ2n) is 6.44. The van der Waals surface area contributed by atoms with Crippen molar-refractivity contribution in [3.05, 3.63) is 40.2 Å². The van der Waals surface area contributed by atoms with E-state index in [-0.39, 0.29) is 23.7 Å². The zero-order valence-electron chi connectivity index (χ0n) is 14.0. The summed E-state index contributed by atoms with van der Waals surface area (Å²) in [5.74, 6) is 0.0775. The summed E-state index contributed by atoms with van der Waals surface area (Å²) in [5, 5.41) is 3.38. The van der Waals surface area contributed by atoms with Crippen LogP contribution in [0.3, 0.4) is 0 Å². The minimum absolute atomic E-state index is 0.204. The molecule has 128 valence electrons. The first-order valence-corrected chi connectivity index (χ1v) is 8.97. The third-order valence-corrected chi connectivity index (χ3v) is 5.20. The first-order valence-electron chi connectivity index (χ1n) is 8.16. The Morgan fingerprint density at radius 2 is 2.21 bits per heavy atom. The van der Waals surface area contributed by atoms with Crippen LogP contribution < -0.4 is 5.32 Å². The largest absolute Gasteiger partial charge is 0.459 e. The van der Waals surface area contributed by atoms with Gasteiger partial charge in [0.1, 0.15) is 5.00 Å². The van der Waals surface area contributed by atoms with Gasteiger partial charge in [-0.15, -0.1) is 11.3 Å². The van der Waals surface area contributed by atoms with E-state index in [0.29, 0.717) is 16.5 Å². The number of ether oxygens (including phenoxy) is 1. The molecule has 1 unspecified atom stereocenters. The van der Waals surface area contributed by atoms with Crippen LogP contribution in [0, 0.1) is 5.92 Å². The molecule has 0 aliphatic heterocycles. The number of esters is 1. The molecule has 1 aliphatic carbocycles. The summed E-state index contributed by atoms with van der Waals surface area (Å²) in [7, 11) is 0. The molecule has 0 radical (unpaired) electrons. The van der Waals surface area contributed by atoms with Crippen LogP contribution in [0.25, 0.3) is 0 Å². The van der Waals surface area contributed by atoms with E-state index in [4.69, 9.17) is 9.15 Å². The number of furan rings is 1. The normalized spacial score (nSPS) is 16.8. The molecule has 2 aromatic rings. The van der Waals surface area contributed by atoms with Gasteiger partial charge in [-0.25, -0.2) is 4.79 Å². The number of carbonyl (C=O) groups excluding carboxylic acids is 2. The fourth-order valence-corrected chi connectivity index (χ4v) is 4.29. The van der Waals surface area contributed by atoms with Crippen LogP contribution in [0.5, 0.6) is 0 Å². The Bertz CT molecular complexity index is 745. The lowest BCUT2D eigenvalue weighted by atomic mass is 9.88. The highest BCUT2D eigenvalue weighted by Gasteiger charge is 2.30. The summed E-state index contributed by atoms with van der Waals surface area (Å²) in [6.45, 7) is 5.84. The van der Waals surface area contributed by atoms with Gasteiger partial charge in [0.25, 0.3) is 5.91 Å². The molecule has 3 rings (SSSR count). The molecule has 0 bridgehead atoms. The fourth-order valence-electron chi connectivity index (χ4n) is 2.90. The Labute approximate surface area is 145 Å². The maximum absolute atomic E-state index is 12.6. The van der Waals surface area contributed by atoms with Gasteiger partial charge in [0.2, 0.25) is 0 Å². The molecule has 24 heavy (non-hydrogen) atoms. The summed E-state index contributed by atoms with van der Waals surface area (Å²) in [6, 6.07) is 3.25. The highest BCUT2D eigenvalue weighted by Crippen LogP contribution is 2.40. The van der Waals surface area contributed by atoms with Gasteiger partial charge in [-0.2, -0.15) is 0 Å². The summed E-state index contributed by atoms with van der Waals surface area (Å²) < 4.78 is 10.5. The highest BCUT2D eigenvalue weighted by molar-refractivity contribution is 7.17. The second-order valence-corrected chi connectivity index (χ2v) is 7.55. The maximum atomic E-state index is 12.6. The van der Waals surface area contributed by atoms with Crippen molar-refractivity contribution in [2.75, 3.05) is 5.32 Å². The minimum Gasteiger partial charge on any atom is -0.459 e. The Balaban J connectivity index is 1.95. The maximum Gasteiger partial charge on any atom is 0.341 e. The molecule has 5 nitrogen and oxygen atoms in total. The molecular formula is C18H21NO4S. The van der Waals surface area contributed by atoms with Crippen molar-refractivity contribution in [1.82, 2.24) is 0 Å². The number of nitrogens with one attached hydrogen (secondary N) is 1. The van der Waals surface area contributed by atoms with Gasteiger partial charge in [-0.1, -0.05) is 6.92 Å². The Morgan fingerprint density at radius 1 is 1.42 bits per heavy atom. The van der Waals surface area contributed by atoms with Gasteiger partial charge in [0.15, 0.2) is 5.76 Å². The topological polar surface area (TPSA) is 68.5 Å². The molecular weight excluding hydrogens is 326 g/mol. The van der Waals surface area contributed by atoms with Gasteiger partial charge < -0.3 is 14.5 Å². The Hall–Kier alpha value is -2.08. The molecule has 1 amide bonds. The molecule has 0 spiro atoms. The van der Waals surface area contributed by atoms with Crippen LogP contribution in [0.1, 0.15) is 58.5 Å². The standard InChI is InChI=1S/C18H21NO4S/c1-10(2)23-18(21)15-12-7-6-11(3)9-14(12)24-17(15)19-16(20)13-5-4-8-22-13/h4-5,8,10-11H,6-7,9H2,1-3H3,(H,19,20). The lowest BCUT2D eigenvalue weighted by molar-refractivity contribution is 0.0378. The number of anilines is 1. The van der Waals surface area contributed by atoms with E-state index in [2.05, 4.69) is 12.2 Å². The van der Waals surface area contributed by atoms with Crippen molar-refractivity contribution in [3.63, 3.8) is 0 Å². The number of rotatable bonds is 4. The molecule has 1 N–H and O–H groups in total.